The Balaban J connectivity index is 3.07. The Morgan fingerprint density at radius 2 is 2.08 bits per heavy atom. The Bertz CT molecular complexity index is 338. The Morgan fingerprint density at radius 1 is 1.33 bits per heavy atom. The van der Waals surface area contributed by atoms with Crippen LogP contribution in [0.1, 0.15) is 16.7 Å². The molecule has 0 radical (unpaired) electrons. The van der Waals surface area contributed by atoms with E-state index in [9.17, 15) is 0 Å². The van der Waals surface area contributed by atoms with Crippen LogP contribution in [0.3, 0.4) is 0 Å². The predicted molar refractivity (Wildman–Crippen MR) is 53.8 cm³/mol. The molecule has 0 unspecified atom stereocenters. The van der Waals surface area contributed by atoms with Gasteiger partial charge in [0.2, 0.25) is 0 Å². The summed E-state index contributed by atoms with van der Waals surface area (Å²) in [5.74, 6) is 2.48. The molecule has 0 aliphatic carbocycles. The molecule has 0 atom stereocenters. The Labute approximate surface area is 73.9 Å². The van der Waals surface area contributed by atoms with Gasteiger partial charge in [0, 0.05) is 0 Å². The first-order chi connectivity index (χ1) is 5.74. The summed E-state index contributed by atoms with van der Waals surface area (Å²) < 4.78 is 0. The summed E-state index contributed by atoms with van der Waals surface area (Å²) in [4.78, 5) is 0. The third-order valence-corrected chi connectivity index (χ3v) is 1.79. The topological polar surface area (TPSA) is 0 Å². The Hall–Kier alpha value is -1.48. The molecule has 0 spiro atoms. The van der Waals surface area contributed by atoms with Gasteiger partial charge in [-0.05, 0) is 37.1 Å². The summed E-state index contributed by atoms with van der Waals surface area (Å²) in [5, 5.41) is 0. The largest absolute Gasteiger partial charge is 0.115 e. The van der Waals surface area contributed by atoms with E-state index < -0.39 is 0 Å². The van der Waals surface area contributed by atoms with Crippen LogP contribution in [0.5, 0.6) is 0 Å². The van der Waals surface area contributed by atoms with Gasteiger partial charge in [0.25, 0.3) is 0 Å². The van der Waals surface area contributed by atoms with Gasteiger partial charge >= 0.3 is 0 Å². The van der Waals surface area contributed by atoms with Gasteiger partial charge in [-0.15, -0.1) is 6.42 Å². The third-order valence-electron chi connectivity index (χ3n) is 1.79. The summed E-state index contributed by atoms with van der Waals surface area (Å²) >= 11 is 0. The molecule has 0 aromatic heterocycles. The van der Waals surface area contributed by atoms with E-state index in [0.717, 1.165) is 0 Å². The van der Waals surface area contributed by atoms with Crippen molar-refractivity contribution in [3.8, 4) is 12.3 Å². The van der Waals surface area contributed by atoms with Gasteiger partial charge in [-0.3, -0.25) is 0 Å². The number of hydrogen-bond donors (Lipinski definition) is 0. The molecule has 60 valence electrons. The summed E-state index contributed by atoms with van der Waals surface area (Å²) in [5.41, 5.74) is 3.72. The van der Waals surface area contributed by atoms with Crippen molar-refractivity contribution >= 4 is 6.08 Å². The lowest BCUT2D eigenvalue weighted by Gasteiger charge is -2.00. The second-order valence-electron chi connectivity index (χ2n) is 2.86. The molecule has 1 rings (SSSR count). The summed E-state index contributed by atoms with van der Waals surface area (Å²) in [6.07, 6.45) is 8.81. The van der Waals surface area contributed by atoms with Crippen molar-refractivity contribution in [2.45, 2.75) is 13.8 Å². The molecule has 12 heavy (non-hydrogen) atoms. The molecule has 0 heteroatoms. The van der Waals surface area contributed by atoms with Gasteiger partial charge in [-0.2, -0.15) is 0 Å². The molecule has 0 aliphatic rings. The smallest absolute Gasteiger partial charge is 0.0116 e. The molecule has 0 fully saturated rings. The SMILES string of the molecule is C#CC=Cc1cc(C)ccc1C. The maximum atomic E-state index is 5.13. The third kappa shape index (κ3) is 2.00. The highest BCUT2D eigenvalue weighted by atomic mass is 14.0. The average molecular weight is 156 g/mol. The van der Waals surface area contributed by atoms with Crippen molar-refractivity contribution < 1.29 is 0 Å². The highest BCUT2D eigenvalue weighted by molar-refractivity contribution is 5.56. The standard InChI is InChI=1S/C12H12/c1-4-5-6-12-9-10(2)7-8-11(12)3/h1,5-9H,2-3H3. The highest BCUT2D eigenvalue weighted by Gasteiger charge is 1.92. The van der Waals surface area contributed by atoms with Crippen LogP contribution in [-0.4, -0.2) is 0 Å². The van der Waals surface area contributed by atoms with Gasteiger partial charge in [0.15, 0.2) is 0 Å². The zero-order chi connectivity index (χ0) is 8.97. The zero-order valence-electron chi connectivity index (χ0n) is 7.46. The van der Waals surface area contributed by atoms with Crippen molar-refractivity contribution in [2.24, 2.45) is 0 Å². The van der Waals surface area contributed by atoms with Crippen LogP contribution in [0.2, 0.25) is 0 Å². The van der Waals surface area contributed by atoms with Crippen LogP contribution >= 0.6 is 0 Å². The van der Waals surface area contributed by atoms with Crippen molar-refractivity contribution in [3.63, 3.8) is 0 Å². The van der Waals surface area contributed by atoms with Crippen molar-refractivity contribution in [3.05, 3.63) is 41.0 Å². The fourth-order valence-electron chi connectivity index (χ4n) is 1.08. The Kier molecular flexibility index (Phi) is 2.71. The fourth-order valence-corrected chi connectivity index (χ4v) is 1.08. The molecule has 0 N–H and O–H groups in total. The van der Waals surface area contributed by atoms with E-state index in [-0.39, 0.29) is 0 Å². The molecule has 0 nitrogen and oxygen atoms in total. The lowest BCUT2D eigenvalue weighted by molar-refractivity contribution is 1.38. The normalized spacial score (nSPS) is 10.1. The van der Waals surface area contributed by atoms with Crippen molar-refractivity contribution in [1.29, 1.82) is 0 Å². The molecule has 1 aromatic rings. The van der Waals surface area contributed by atoms with Crippen LogP contribution in [0.25, 0.3) is 6.08 Å². The van der Waals surface area contributed by atoms with Crippen LogP contribution < -0.4 is 0 Å². The fraction of sp³-hybridized carbons (Fsp3) is 0.167. The minimum atomic E-state index is 1.20. The molecular formula is C12H12. The molecular weight excluding hydrogens is 144 g/mol. The van der Waals surface area contributed by atoms with E-state index in [2.05, 4.69) is 38.0 Å². The van der Waals surface area contributed by atoms with E-state index in [1.807, 2.05) is 6.08 Å². The quantitative estimate of drug-likeness (QED) is 0.548. The number of allylic oxidation sites excluding steroid dienone is 1. The first kappa shape index (κ1) is 8.62. The van der Waals surface area contributed by atoms with E-state index >= 15 is 0 Å². The van der Waals surface area contributed by atoms with Crippen molar-refractivity contribution in [2.75, 3.05) is 0 Å². The second kappa shape index (κ2) is 3.78. The number of rotatable bonds is 1. The van der Waals surface area contributed by atoms with Gasteiger partial charge in [0.05, 0.1) is 0 Å². The zero-order valence-corrected chi connectivity index (χ0v) is 7.46. The summed E-state index contributed by atoms with van der Waals surface area (Å²) in [6, 6.07) is 6.33. The molecule has 0 saturated heterocycles. The molecule has 0 heterocycles. The van der Waals surface area contributed by atoms with Gasteiger partial charge in [0.1, 0.15) is 0 Å². The minimum absolute atomic E-state index is 1.20. The highest BCUT2D eigenvalue weighted by Crippen LogP contribution is 2.11. The molecule has 0 aliphatic heterocycles. The molecule has 0 saturated carbocycles. The summed E-state index contributed by atoms with van der Waals surface area (Å²) in [7, 11) is 0. The monoisotopic (exact) mass is 156 g/mol. The molecule has 0 bridgehead atoms. The lowest BCUT2D eigenvalue weighted by atomic mass is 10.1. The minimum Gasteiger partial charge on any atom is -0.115 e. The van der Waals surface area contributed by atoms with E-state index in [4.69, 9.17) is 6.42 Å². The first-order valence-corrected chi connectivity index (χ1v) is 3.94. The maximum Gasteiger partial charge on any atom is -0.0116 e. The lowest BCUT2D eigenvalue weighted by Crippen LogP contribution is -1.81. The maximum absolute atomic E-state index is 5.13. The predicted octanol–water partition coefficient (Wildman–Crippen LogP) is 2.95. The number of aryl methyl sites for hydroxylation is 2. The van der Waals surface area contributed by atoms with Crippen LogP contribution in [0, 0.1) is 26.2 Å². The van der Waals surface area contributed by atoms with Crippen LogP contribution in [0.4, 0.5) is 0 Å². The average Bonchev–Trinajstić information content (AvgIpc) is 2.07. The first-order valence-electron chi connectivity index (χ1n) is 3.94. The summed E-state index contributed by atoms with van der Waals surface area (Å²) in [6.45, 7) is 4.16. The van der Waals surface area contributed by atoms with Crippen LogP contribution in [-0.2, 0) is 0 Å². The van der Waals surface area contributed by atoms with Crippen molar-refractivity contribution in [1.82, 2.24) is 0 Å². The second-order valence-corrected chi connectivity index (χ2v) is 2.86. The number of hydrogen-bond acceptors (Lipinski definition) is 0. The van der Waals surface area contributed by atoms with Gasteiger partial charge in [-0.1, -0.05) is 29.7 Å². The van der Waals surface area contributed by atoms with Gasteiger partial charge < -0.3 is 0 Å². The van der Waals surface area contributed by atoms with E-state index in [0.29, 0.717) is 0 Å². The Morgan fingerprint density at radius 3 is 2.75 bits per heavy atom. The molecule has 0 amide bonds. The molecule has 1 aromatic carbocycles. The van der Waals surface area contributed by atoms with Crippen LogP contribution in [0.15, 0.2) is 24.3 Å². The number of terminal acetylenes is 1. The van der Waals surface area contributed by atoms with Gasteiger partial charge in [-0.25, -0.2) is 0 Å². The van der Waals surface area contributed by atoms with E-state index in [1.54, 1.807) is 6.08 Å². The van der Waals surface area contributed by atoms with E-state index in [1.165, 1.54) is 16.7 Å². The number of benzene rings is 1.